The Morgan fingerprint density at radius 2 is 2.06 bits per heavy atom. The molecule has 1 saturated heterocycles. The monoisotopic (exact) mass is 498 g/mol. The zero-order valence-corrected chi connectivity index (χ0v) is 20.1. The van der Waals surface area contributed by atoms with Gasteiger partial charge in [0.15, 0.2) is 15.5 Å². The molecule has 1 aliphatic heterocycles. The van der Waals surface area contributed by atoms with Crippen molar-refractivity contribution >= 4 is 38.1 Å². The maximum Gasteiger partial charge on any atom is 0.252 e. The standard InChI is InChI=1S/C24H23FN4O3S2/c1-15-22-19(24(30)26-10-8-16-4-6-17(25)7-5-16)13-20(21-3-2-11-33-21)27-23(22)29(28-15)18-9-12-34(31,32)14-18/h2-7,11,13,18H,8-10,12,14H2,1H3,(H,26,30)/t18-/m0/s1. The SMILES string of the molecule is Cc1nn([C@H]2CCS(=O)(=O)C2)c2nc(-c3cccs3)cc(C(=O)NCCc3ccc(F)cc3)c12. The van der Waals surface area contributed by atoms with Crippen molar-refractivity contribution in [3.8, 4) is 10.6 Å². The molecule has 1 aliphatic rings. The van der Waals surface area contributed by atoms with Crippen molar-refractivity contribution in [1.82, 2.24) is 20.1 Å². The average Bonchev–Trinajstić information content (AvgIpc) is 3.54. The van der Waals surface area contributed by atoms with Crippen LogP contribution in [0.15, 0.2) is 47.8 Å². The smallest absolute Gasteiger partial charge is 0.252 e. The van der Waals surface area contributed by atoms with Gasteiger partial charge in [0, 0.05) is 6.54 Å². The Balaban J connectivity index is 1.51. The maximum absolute atomic E-state index is 13.3. The van der Waals surface area contributed by atoms with Crippen LogP contribution in [-0.4, -0.2) is 47.1 Å². The van der Waals surface area contributed by atoms with Gasteiger partial charge < -0.3 is 5.32 Å². The second kappa shape index (κ2) is 8.92. The fourth-order valence-corrected chi connectivity index (χ4v) is 6.71. The van der Waals surface area contributed by atoms with Gasteiger partial charge in [0.05, 0.1) is 44.8 Å². The Labute approximate surface area is 200 Å². The number of benzene rings is 1. The maximum atomic E-state index is 13.3. The third-order valence-corrected chi connectivity index (χ3v) is 8.66. The molecule has 7 nitrogen and oxygen atoms in total. The topological polar surface area (TPSA) is 93.9 Å². The number of carbonyl (C=O) groups excluding carboxylic acids is 1. The summed E-state index contributed by atoms with van der Waals surface area (Å²) < 4.78 is 39.0. The Morgan fingerprint density at radius 3 is 2.74 bits per heavy atom. The summed E-state index contributed by atoms with van der Waals surface area (Å²) in [7, 11) is -3.11. The van der Waals surface area contributed by atoms with E-state index in [1.54, 1.807) is 22.9 Å². The number of fused-ring (bicyclic) bond motifs is 1. The third-order valence-electron chi connectivity index (χ3n) is 6.02. The van der Waals surface area contributed by atoms with Crippen LogP contribution in [-0.2, 0) is 16.3 Å². The highest BCUT2D eigenvalue weighted by Crippen LogP contribution is 2.33. The number of thiophene rings is 1. The van der Waals surface area contributed by atoms with Gasteiger partial charge in [-0.25, -0.2) is 22.5 Å². The molecule has 1 fully saturated rings. The fraction of sp³-hybridized carbons (Fsp3) is 0.292. The van der Waals surface area contributed by atoms with Crippen molar-refractivity contribution < 1.29 is 17.6 Å². The predicted octanol–water partition coefficient (Wildman–Crippen LogP) is 3.94. The lowest BCUT2D eigenvalue weighted by Gasteiger charge is -2.12. The van der Waals surface area contributed by atoms with E-state index in [9.17, 15) is 17.6 Å². The molecule has 0 radical (unpaired) electrons. The molecule has 1 amide bonds. The van der Waals surface area contributed by atoms with Gasteiger partial charge >= 0.3 is 0 Å². The van der Waals surface area contributed by atoms with E-state index >= 15 is 0 Å². The van der Waals surface area contributed by atoms with Crippen LogP contribution in [0.4, 0.5) is 4.39 Å². The van der Waals surface area contributed by atoms with E-state index < -0.39 is 9.84 Å². The Bertz CT molecular complexity index is 1460. The molecular formula is C24H23FN4O3S2. The fourth-order valence-electron chi connectivity index (χ4n) is 4.33. The average molecular weight is 499 g/mol. The molecule has 1 aromatic carbocycles. The normalized spacial score (nSPS) is 17.3. The van der Waals surface area contributed by atoms with Crippen molar-refractivity contribution in [2.45, 2.75) is 25.8 Å². The van der Waals surface area contributed by atoms with Gasteiger partial charge in [-0.15, -0.1) is 11.3 Å². The summed E-state index contributed by atoms with van der Waals surface area (Å²) in [6.07, 6.45) is 1.04. The molecule has 0 bridgehead atoms. The number of carbonyl (C=O) groups is 1. The molecule has 5 rings (SSSR count). The highest BCUT2D eigenvalue weighted by atomic mass is 32.2. The molecule has 10 heteroatoms. The van der Waals surface area contributed by atoms with E-state index in [1.165, 1.54) is 23.5 Å². The van der Waals surface area contributed by atoms with Crippen molar-refractivity contribution in [3.63, 3.8) is 0 Å². The summed E-state index contributed by atoms with van der Waals surface area (Å²) in [5, 5.41) is 10.1. The first-order valence-electron chi connectivity index (χ1n) is 11.0. The molecule has 3 aromatic heterocycles. The molecular weight excluding hydrogens is 475 g/mol. The molecule has 34 heavy (non-hydrogen) atoms. The predicted molar refractivity (Wildman–Crippen MR) is 130 cm³/mol. The van der Waals surface area contributed by atoms with E-state index in [2.05, 4.69) is 10.4 Å². The molecule has 0 spiro atoms. The largest absolute Gasteiger partial charge is 0.352 e. The van der Waals surface area contributed by atoms with Crippen LogP contribution in [0.2, 0.25) is 0 Å². The van der Waals surface area contributed by atoms with Crippen LogP contribution >= 0.6 is 11.3 Å². The minimum Gasteiger partial charge on any atom is -0.352 e. The number of amides is 1. The van der Waals surface area contributed by atoms with E-state index in [-0.39, 0.29) is 29.3 Å². The quantitative estimate of drug-likeness (QED) is 0.435. The second-order valence-corrected chi connectivity index (χ2v) is 11.6. The number of hydrogen-bond donors (Lipinski definition) is 1. The van der Waals surface area contributed by atoms with Gasteiger partial charge in [0.2, 0.25) is 0 Å². The van der Waals surface area contributed by atoms with Crippen LogP contribution in [0.25, 0.3) is 21.6 Å². The van der Waals surface area contributed by atoms with Crippen LogP contribution in [0.3, 0.4) is 0 Å². The molecule has 0 unspecified atom stereocenters. The highest BCUT2D eigenvalue weighted by Gasteiger charge is 2.32. The molecule has 176 valence electrons. The number of sulfone groups is 1. The number of pyridine rings is 1. The summed E-state index contributed by atoms with van der Waals surface area (Å²) in [4.78, 5) is 19.0. The summed E-state index contributed by atoms with van der Waals surface area (Å²) in [6, 6.07) is 11.5. The first kappa shape index (κ1) is 22.7. The second-order valence-electron chi connectivity index (χ2n) is 8.45. The van der Waals surface area contributed by atoms with Crippen molar-refractivity contribution in [2.75, 3.05) is 18.1 Å². The van der Waals surface area contributed by atoms with E-state index in [1.807, 2.05) is 24.4 Å². The third kappa shape index (κ3) is 4.47. The van der Waals surface area contributed by atoms with Gasteiger partial charge in [-0.2, -0.15) is 5.10 Å². The lowest BCUT2D eigenvalue weighted by atomic mass is 10.1. The molecule has 0 aliphatic carbocycles. The van der Waals surface area contributed by atoms with Gasteiger partial charge in [-0.1, -0.05) is 18.2 Å². The summed E-state index contributed by atoms with van der Waals surface area (Å²) >= 11 is 1.52. The Morgan fingerprint density at radius 1 is 1.26 bits per heavy atom. The summed E-state index contributed by atoms with van der Waals surface area (Å²) in [5.74, 6) is -0.406. The Kier molecular flexibility index (Phi) is 5.95. The molecule has 4 heterocycles. The molecule has 1 atom stereocenters. The van der Waals surface area contributed by atoms with Crippen LogP contribution in [0, 0.1) is 12.7 Å². The number of hydrogen-bond acceptors (Lipinski definition) is 6. The van der Waals surface area contributed by atoms with E-state index in [0.29, 0.717) is 47.4 Å². The van der Waals surface area contributed by atoms with Gasteiger partial charge in [-0.05, 0) is 55.0 Å². The zero-order valence-electron chi connectivity index (χ0n) is 18.5. The Hall–Kier alpha value is -3.11. The first-order valence-corrected chi connectivity index (χ1v) is 13.7. The summed E-state index contributed by atoms with van der Waals surface area (Å²) in [6.45, 7) is 2.20. The van der Waals surface area contributed by atoms with Crippen LogP contribution in [0.1, 0.15) is 34.1 Å². The molecule has 1 N–H and O–H groups in total. The summed E-state index contributed by atoms with van der Waals surface area (Å²) in [5.41, 5.74) is 3.18. The highest BCUT2D eigenvalue weighted by molar-refractivity contribution is 7.91. The molecule has 0 saturated carbocycles. The minimum atomic E-state index is -3.11. The first-order chi connectivity index (χ1) is 16.3. The van der Waals surface area contributed by atoms with Crippen molar-refractivity contribution in [1.29, 1.82) is 0 Å². The molecule has 4 aromatic rings. The lowest BCUT2D eigenvalue weighted by Crippen LogP contribution is -2.26. The lowest BCUT2D eigenvalue weighted by molar-refractivity contribution is 0.0955. The number of nitrogens with zero attached hydrogens (tertiary/aromatic N) is 3. The number of nitrogens with one attached hydrogen (secondary N) is 1. The minimum absolute atomic E-state index is 0.0212. The van der Waals surface area contributed by atoms with E-state index in [4.69, 9.17) is 4.98 Å². The van der Waals surface area contributed by atoms with Gasteiger partial charge in [0.1, 0.15) is 5.82 Å². The van der Waals surface area contributed by atoms with E-state index in [0.717, 1.165) is 10.4 Å². The van der Waals surface area contributed by atoms with Crippen molar-refractivity contribution in [2.24, 2.45) is 0 Å². The number of aromatic nitrogens is 3. The number of aryl methyl sites for hydroxylation is 1. The van der Waals surface area contributed by atoms with Crippen LogP contribution in [0.5, 0.6) is 0 Å². The zero-order chi connectivity index (χ0) is 23.9. The van der Waals surface area contributed by atoms with Gasteiger partial charge in [-0.3, -0.25) is 4.79 Å². The van der Waals surface area contributed by atoms with Crippen LogP contribution < -0.4 is 5.32 Å². The van der Waals surface area contributed by atoms with Gasteiger partial charge in [0.25, 0.3) is 5.91 Å². The van der Waals surface area contributed by atoms with Crippen molar-refractivity contribution in [3.05, 3.63) is 70.5 Å². The number of rotatable bonds is 6. The number of halogens is 1.